The summed E-state index contributed by atoms with van der Waals surface area (Å²) in [5.74, 6) is 0.704. The van der Waals surface area contributed by atoms with Gasteiger partial charge in [-0.25, -0.2) is 13.4 Å². The van der Waals surface area contributed by atoms with Crippen LogP contribution >= 0.6 is 0 Å². The predicted molar refractivity (Wildman–Crippen MR) is 98.2 cm³/mol. The fourth-order valence-corrected chi connectivity index (χ4v) is 4.41. The van der Waals surface area contributed by atoms with Crippen LogP contribution in [0, 0.1) is 5.92 Å². The number of aromatic amines is 1. The molecule has 27 heavy (non-hydrogen) atoms. The monoisotopic (exact) mass is 394 g/mol. The van der Waals surface area contributed by atoms with E-state index in [1.54, 1.807) is 25.3 Å². The fraction of sp³-hybridized carbons (Fsp3) is 0.412. The molecule has 1 aromatic heterocycles. The lowest BCUT2D eigenvalue weighted by Gasteiger charge is -2.30. The van der Waals surface area contributed by atoms with Crippen molar-refractivity contribution in [3.05, 3.63) is 30.7 Å². The first-order chi connectivity index (χ1) is 13.0. The van der Waals surface area contributed by atoms with Crippen LogP contribution in [0.1, 0.15) is 12.8 Å². The summed E-state index contributed by atoms with van der Waals surface area (Å²) in [5.41, 5.74) is 0.602. The van der Waals surface area contributed by atoms with E-state index < -0.39 is 10.0 Å². The van der Waals surface area contributed by atoms with Crippen LogP contribution in [-0.4, -0.2) is 55.9 Å². The number of rotatable bonds is 6. The number of hydrogen-bond donors (Lipinski definition) is 2. The quantitative estimate of drug-likeness (QED) is 0.767. The number of carbonyl (C=O) groups is 1. The van der Waals surface area contributed by atoms with Crippen LogP contribution in [0.3, 0.4) is 0 Å². The molecule has 3 rings (SSSR count). The topological polar surface area (TPSA) is 114 Å². The van der Waals surface area contributed by atoms with Crippen molar-refractivity contribution in [2.45, 2.75) is 17.9 Å². The molecular weight excluding hydrogens is 372 g/mol. The number of benzene rings is 1. The lowest BCUT2D eigenvalue weighted by molar-refractivity contribution is -0.120. The molecule has 0 unspecified atom stereocenters. The molecule has 2 N–H and O–H groups in total. The van der Waals surface area contributed by atoms with Crippen molar-refractivity contribution >= 4 is 21.6 Å². The molecule has 10 heteroatoms. The van der Waals surface area contributed by atoms with Gasteiger partial charge in [0.15, 0.2) is 16.5 Å². The van der Waals surface area contributed by atoms with E-state index in [1.807, 2.05) is 0 Å². The van der Waals surface area contributed by atoms with Gasteiger partial charge in [0, 0.05) is 30.8 Å². The number of amides is 1. The minimum atomic E-state index is -3.59. The SMILES string of the molecule is COc1ccc(NC(=O)C2CCN(S(=O)(=O)c3cnc[nH]3)CC2)cc1OC. The minimum absolute atomic E-state index is 0.0655. The Labute approximate surface area is 157 Å². The van der Waals surface area contributed by atoms with Crippen molar-refractivity contribution in [3.8, 4) is 11.5 Å². The second-order valence-corrected chi connectivity index (χ2v) is 8.06. The molecule has 1 aliphatic rings. The van der Waals surface area contributed by atoms with Gasteiger partial charge in [-0.1, -0.05) is 0 Å². The number of piperidine rings is 1. The Bertz CT molecular complexity index is 890. The van der Waals surface area contributed by atoms with E-state index >= 15 is 0 Å². The molecule has 1 amide bonds. The first-order valence-electron chi connectivity index (χ1n) is 8.47. The molecule has 0 saturated carbocycles. The van der Waals surface area contributed by atoms with Gasteiger partial charge >= 0.3 is 0 Å². The number of anilines is 1. The van der Waals surface area contributed by atoms with E-state index in [1.165, 1.54) is 23.9 Å². The molecule has 146 valence electrons. The molecule has 0 radical (unpaired) electrons. The summed E-state index contributed by atoms with van der Waals surface area (Å²) >= 11 is 0. The van der Waals surface area contributed by atoms with Gasteiger partial charge in [0.05, 0.1) is 26.7 Å². The Morgan fingerprint density at radius 3 is 2.52 bits per heavy atom. The third kappa shape index (κ3) is 4.06. The van der Waals surface area contributed by atoms with Crippen LogP contribution in [0.15, 0.2) is 35.7 Å². The number of aromatic nitrogens is 2. The highest BCUT2D eigenvalue weighted by Gasteiger charge is 2.32. The molecule has 1 aliphatic heterocycles. The number of H-pyrrole nitrogens is 1. The summed E-state index contributed by atoms with van der Waals surface area (Å²) < 4.78 is 36.7. The Kier molecular flexibility index (Phi) is 5.66. The van der Waals surface area contributed by atoms with E-state index in [0.717, 1.165) is 0 Å². The van der Waals surface area contributed by atoms with Gasteiger partial charge in [0.25, 0.3) is 10.0 Å². The maximum atomic E-state index is 12.5. The normalized spacial score (nSPS) is 16.1. The Morgan fingerprint density at radius 1 is 1.22 bits per heavy atom. The number of ether oxygens (including phenoxy) is 2. The predicted octanol–water partition coefficient (Wildman–Crippen LogP) is 1.47. The first-order valence-corrected chi connectivity index (χ1v) is 9.91. The number of methoxy groups -OCH3 is 2. The number of imidazole rings is 1. The van der Waals surface area contributed by atoms with Crippen molar-refractivity contribution in [1.82, 2.24) is 14.3 Å². The van der Waals surface area contributed by atoms with Gasteiger partial charge in [-0.2, -0.15) is 4.31 Å². The zero-order chi connectivity index (χ0) is 19.4. The van der Waals surface area contributed by atoms with Gasteiger partial charge in [-0.3, -0.25) is 4.79 Å². The largest absolute Gasteiger partial charge is 0.493 e. The minimum Gasteiger partial charge on any atom is -0.493 e. The van der Waals surface area contributed by atoms with Crippen molar-refractivity contribution in [2.24, 2.45) is 5.92 Å². The van der Waals surface area contributed by atoms with E-state index in [0.29, 0.717) is 30.0 Å². The van der Waals surface area contributed by atoms with E-state index in [2.05, 4.69) is 15.3 Å². The average molecular weight is 394 g/mol. The van der Waals surface area contributed by atoms with Gasteiger partial charge < -0.3 is 19.8 Å². The molecule has 9 nitrogen and oxygen atoms in total. The molecule has 2 aromatic rings. The van der Waals surface area contributed by atoms with Gasteiger partial charge in [0.2, 0.25) is 5.91 Å². The highest BCUT2D eigenvalue weighted by atomic mass is 32.2. The number of nitrogens with one attached hydrogen (secondary N) is 2. The summed E-state index contributed by atoms with van der Waals surface area (Å²) in [6, 6.07) is 5.14. The lowest BCUT2D eigenvalue weighted by atomic mass is 9.97. The number of sulfonamides is 1. The molecule has 2 heterocycles. The molecule has 0 atom stereocenters. The summed E-state index contributed by atoms with van der Waals surface area (Å²) in [5, 5.41) is 2.93. The van der Waals surface area contributed by atoms with E-state index in [9.17, 15) is 13.2 Å². The Morgan fingerprint density at radius 2 is 1.93 bits per heavy atom. The lowest BCUT2D eigenvalue weighted by Crippen LogP contribution is -2.41. The molecule has 1 saturated heterocycles. The van der Waals surface area contributed by atoms with Crippen LogP contribution in [0.2, 0.25) is 0 Å². The summed E-state index contributed by atoms with van der Waals surface area (Å²) in [4.78, 5) is 18.9. The molecule has 0 aliphatic carbocycles. The van der Waals surface area contributed by atoms with E-state index in [4.69, 9.17) is 9.47 Å². The Balaban J connectivity index is 1.60. The van der Waals surface area contributed by atoms with Gasteiger partial charge in [-0.15, -0.1) is 0 Å². The maximum Gasteiger partial charge on any atom is 0.260 e. The van der Waals surface area contributed by atoms with Gasteiger partial charge in [0.1, 0.15) is 0 Å². The zero-order valence-corrected chi connectivity index (χ0v) is 16.0. The van der Waals surface area contributed by atoms with E-state index in [-0.39, 0.29) is 29.9 Å². The summed E-state index contributed by atoms with van der Waals surface area (Å²) in [7, 11) is -0.520. The van der Waals surface area contributed by atoms with Crippen molar-refractivity contribution in [2.75, 3.05) is 32.6 Å². The Hall–Kier alpha value is -2.59. The van der Waals surface area contributed by atoms with Crippen molar-refractivity contribution < 1.29 is 22.7 Å². The molecule has 1 fully saturated rings. The molecule has 0 bridgehead atoms. The third-order valence-electron chi connectivity index (χ3n) is 4.57. The van der Waals surface area contributed by atoms with Crippen LogP contribution in [0.5, 0.6) is 11.5 Å². The summed E-state index contributed by atoms with van der Waals surface area (Å²) in [6.45, 7) is 0.566. The molecular formula is C17H22N4O5S. The fourth-order valence-electron chi connectivity index (χ4n) is 3.04. The highest BCUT2D eigenvalue weighted by molar-refractivity contribution is 7.89. The van der Waals surface area contributed by atoms with Crippen molar-refractivity contribution in [3.63, 3.8) is 0 Å². The van der Waals surface area contributed by atoms with Crippen LogP contribution < -0.4 is 14.8 Å². The standard InChI is InChI=1S/C17H22N4O5S/c1-25-14-4-3-13(9-15(14)26-2)20-17(22)12-5-7-21(8-6-12)27(23,24)16-10-18-11-19-16/h3-4,9-12H,5-8H2,1-2H3,(H,18,19)(H,20,22). The zero-order valence-electron chi connectivity index (χ0n) is 15.1. The number of carbonyl (C=O) groups excluding carboxylic acids is 1. The second-order valence-electron chi connectivity index (χ2n) is 6.15. The number of hydrogen-bond acceptors (Lipinski definition) is 6. The first kappa shape index (κ1) is 19.2. The van der Waals surface area contributed by atoms with Gasteiger partial charge in [-0.05, 0) is 25.0 Å². The second kappa shape index (κ2) is 7.97. The van der Waals surface area contributed by atoms with Crippen LogP contribution in [0.4, 0.5) is 5.69 Å². The molecule has 1 aromatic carbocycles. The summed E-state index contributed by atoms with van der Waals surface area (Å²) in [6.07, 6.45) is 3.51. The van der Waals surface area contributed by atoms with Crippen molar-refractivity contribution in [1.29, 1.82) is 0 Å². The van der Waals surface area contributed by atoms with Crippen LogP contribution in [0.25, 0.3) is 0 Å². The number of nitrogens with zero attached hydrogens (tertiary/aromatic N) is 2. The average Bonchev–Trinajstić information content (AvgIpc) is 3.23. The maximum absolute atomic E-state index is 12.5. The molecule has 0 spiro atoms. The highest BCUT2D eigenvalue weighted by Crippen LogP contribution is 2.30. The third-order valence-corrected chi connectivity index (χ3v) is 6.39. The smallest absolute Gasteiger partial charge is 0.260 e. The van der Waals surface area contributed by atoms with Crippen LogP contribution in [-0.2, 0) is 14.8 Å².